The minimum atomic E-state index is -1.51. The number of hydrogen-bond donors (Lipinski definition) is 7. The van der Waals surface area contributed by atoms with Crippen LogP contribution in [0.2, 0.25) is 0 Å². The van der Waals surface area contributed by atoms with Crippen LogP contribution in [0, 0.1) is 5.92 Å². The second kappa shape index (κ2) is 12.6. The number of carboxylic acids is 1. The lowest BCUT2D eigenvalue weighted by Crippen LogP contribution is -2.55. The predicted octanol–water partition coefficient (Wildman–Crippen LogP) is -1.14. The number of carbonyl (C=O) groups excluding carboxylic acids is 3. The Hall–Kier alpha value is -3.18. The highest BCUT2D eigenvalue weighted by Gasteiger charge is 2.27. The van der Waals surface area contributed by atoms with Gasteiger partial charge < -0.3 is 37.0 Å². The fraction of sp³-hybridized carbons (Fsp3) is 0.524. The predicted molar refractivity (Wildman–Crippen MR) is 115 cm³/mol. The van der Waals surface area contributed by atoms with Gasteiger partial charge in [0.25, 0.3) is 0 Å². The second-order valence-electron chi connectivity index (χ2n) is 8.01. The van der Waals surface area contributed by atoms with Crippen molar-refractivity contribution in [2.45, 2.75) is 57.8 Å². The molecule has 0 aliphatic carbocycles. The molecule has 4 atom stereocenters. The summed E-state index contributed by atoms with van der Waals surface area (Å²) in [6.07, 6.45) is -0.841. The van der Waals surface area contributed by atoms with Crippen molar-refractivity contribution in [3.8, 4) is 5.75 Å². The van der Waals surface area contributed by atoms with E-state index in [1.54, 1.807) is 12.1 Å². The molecule has 0 heterocycles. The van der Waals surface area contributed by atoms with Crippen molar-refractivity contribution in [2.75, 3.05) is 6.54 Å². The first-order chi connectivity index (χ1) is 14.9. The number of benzene rings is 1. The van der Waals surface area contributed by atoms with E-state index in [4.69, 9.17) is 10.8 Å². The maximum atomic E-state index is 12.6. The Morgan fingerprint density at radius 1 is 1.00 bits per heavy atom. The van der Waals surface area contributed by atoms with Crippen molar-refractivity contribution in [3.63, 3.8) is 0 Å². The summed E-state index contributed by atoms with van der Waals surface area (Å²) in [6.45, 7) is 4.40. The van der Waals surface area contributed by atoms with E-state index >= 15 is 0 Å². The van der Waals surface area contributed by atoms with Crippen LogP contribution in [0.3, 0.4) is 0 Å². The highest BCUT2D eigenvalue weighted by atomic mass is 16.4. The molecular weight excluding hydrogens is 420 g/mol. The van der Waals surface area contributed by atoms with E-state index in [-0.39, 0.29) is 24.5 Å². The summed E-state index contributed by atoms with van der Waals surface area (Å²) in [7, 11) is 0. The van der Waals surface area contributed by atoms with Crippen LogP contribution in [-0.2, 0) is 25.6 Å². The third-order valence-electron chi connectivity index (χ3n) is 4.56. The van der Waals surface area contributed by atoms with Crippen LogP contribution in [0.5, 0.6) is 5.75 Å². The average molecular weight is 453 g/mol. The summed E-state index contributed by atoms with van der Waals surface area (Å²) in [6, 6.07) is 2.83. The molecule has 0 saturated heterocycles. The van der Waals surface area contributed by atoms with Gasteiger partial charge in [-0.2, -0.15) is 0 Å². The fourth-order valence-corrected chi connectivity index (χ4v) is 2.86. The van der Waals surface area contributed by atoms with E-state index in [1.807, 2.05) is 13.8 Å². The largest absolute Gasteiger partial charge is 0.508 e. The number of rotatable bonds is 12. The monoisotopic (exact) mass is 452 g/mol. The van der Waals surface area contributed by atoms with Gasteiger partial charge in [0, 0.05) is 0 Å². The maximum absolute atomic E-state index is 12.6. The van der Waals surface area contributed by atoms with Gasteiger partial charge in [-0.1, -0.05) is 26.0 Å². The van der Waals surface area contributed by atoms with Crippen molar-refractivity contribution in [3.05, 3.63) is 29.8 Å². The lowest BCUT2D eigenvalue weighted by atomic mass is 10.0. The maximum Gasteiger partial charge on any atom is 0.328 e. The molecule has 0 aliphatic heterocycles. The van der Waals surface area contributed by atoms with Crippen LogP contribution in [0.4, 0.5) is 0 Å². The molecule has 0 spiro atoms. The van der Waals surface area contributed by atoms with Gasteiger partial charge in [-0.05, 0) is 43.4 Å². The molecule has 4 unspecified atom stereocenters. The molecule has 3 amide bonds. The van der Waals surface area contributed by atoms with Gasteiger partial charge in [-0.25, -0.2) is 4.79 Å². The Morgan fingerprint density at radius 2 is 1.59 bits per heavy atom. The molecular formula is C21H32N4O7. The van der Waals surface area contributed by atoms with E-state index in [9.17, 15) is 29.4 Å². The molecule has 0 bridgehead atoms. The number of carbonyl (C=O) groups is 4. The Kier molecular flexibility index (Phi) is 10.6. The number of nitrogens with one attached hydrogen (secondary N) is 3. The lowest BCUT2D eigenvalue weighted by molar-refractivity contribution is -0.144. The quantitative estimate of drug-likeness (QED) is 0.207. The van der Waals surface area contributed by atoms with Gasteiger partial charge in [-0.15, -0.1) is 0 Å². The van der Waals surface area contributed by atoms with Gasteiger partial charge >= 0.3 is 5.97 Å². The summed E-state index contributed by atoms with van der Waals surface area (Å²) >= 11 is 0. The van der Waals surface area contributed by atoms with E-state index in [1.165, 1.54) is 19.1 Å². The Morgan fingerprint density at radius 3 is 2.09 bits per heavy atom. The van der Waals surface area contributed by atoms with Crippen LogP contribution in [0.25, 0.3) is 0 Å². The minimum Gasteiger partial charge on any atom is -0.508 e. The number of aliphatic carboxylic acids is 1. The second-order valence-corrected chi connectivity index (χ2v) is 8.01. The van der Waals surface area contributed by atoms with Gasteiger partial charge in [0.1, 0.15) is 11.8 Å². The number of nitrogens with two attached hydrogens (primary N) is 1. The van der Waals surface area contributed by atoms with E-state index in [2.05, 4.69) is 16.0 Å². The average Bonchev–Trinajstić information content (AvgIpc) is 2.70. The molecule has 8 N–H and O–H groups in total. The molecule has 0 aliphatic rings. The number of hydrogen-bond acceptors (Lipinski definition) is 7. The van der Waals surface area contributed by atoms with E-state index in [0.717, 1.165) is 5.56 Å². The SMILES string of the molecule is CC(C)CC(NC(=O)C(N)Cc1ccc(O)cc1)C(=O)NCC(=O)NC(C(=O)O)C(C)O. The number of phenols is 1. The van der Waals surface area contributed by atoms with Crippen molar-refractivity contribution in [2.24, 2.45) is 11.7 Å². The van der Waals surface area contributed by atoms with Crippen LogP contribution < -0.4 is 21.7 Å². The number of phenolic OH excluding ortho intramolecular Hbond substituents is 1. The molecule has 178 valence electrons. The normalized spacial score (nSPS) is 14.7. The highest BCUT2D eigenvalue weighted by Crippen LogP contribution is 2.11. The van der Waals surface area contributed by atoms with Crippen molar-refractivity contribution >= 4 is 23.7 Å². The van der Waals surface area contributed by atoms with Crippen LogP contribution in [0.15, 0.2) is 24.3 Å². The zero-order valence-corrected chi connectivity index (χ0v) is 18.4. The summed E-state index contributed by atoms with van der Waals surface area (Å²) in [5.74, 6) is -3.25. The molecule has 0 radical (unpaired) electrons. The Labute approximate surface area is 186 Å². The molecule has 0 fully saturated rings. The summed E-state index contributed by atoms with van der Waals surface area (Å²) in [5, 5.41) is 34.8. The first-order valence-electron chi connectivity index (χ1n) is 10.2. The molecule has 0 saturated carbocycles. The third kappa shape index (κ3) is 9.31. The van der Waals surface area contributed by atoms with Crippen molar-refractivity contribution in [1.82, 2.24) is 16.0 Å². The minimum absolute atomic E-state index is 0.0415. The Balaban J connectivity index is 2.68. The molecule has 11 nitrogen and oxygen atoms in total. The lowest BCUT2D eigenvalue weighted by Gasteiger charge is -2.22. The van der Waals surface area contributed by atoms with Crippen LogP contribution >= 0.6 is 0 Å². The highest BCUT2D eigenvalue weighted by molar-refractivity contribution is 5.92. The smallest absolute Gasteiger partial charge is 0.328 e. The number of amides is 3. The Bertz CT molecular complexity index is 796. The van der Waals surface area contributed by atoms with Crippen molar-refractivity contribution in [1.29, 1.82) is 0 Å². The topological polar surface area (TPSA) is 191 Å². The van der Waals surface area contributed by atoms with Gasteiger partial charge in [0.15, 0.2) is 6.04 Å². The van der Waals surface area contributed by atoms with Crippen LogP contribution in [0.1, 0.15) is 32.8 Å². The zero-order valence-electron chi connectivity index (χ0n) is 18.4. The molecule has 11 heteroatoms. The summed E-state index contributed by atoms with van der Waals surface area (Å²) < 4.78 is 0. The molecule has 0 aromatic heterocycles. The van der Waals surface area contributed by atoms with E-state index in [0.29, 0.717) is 0 Å². The molecule has 1 aromatic rings. The number of aliphatic hydroxyl groups excluding tert-OH is 1. The molecule has 32 heavy (non-hydrogen) atoms. The summed E-state index contributed by atoms with van der Waals surface area (Å²) in [5.41, 5.74) is 6.68. The number of carboxylic acid groups (broad SMARTS) is 1. The van der Waals surface area contributed by atoms with E-state index < -0.39 is 54.5 Å². The zero-order chi connectivity index (χ0) is 24.4. The third-order valence-corrected chi connectivity index (χ3v) is 4.56. The summed E-state index contributed by atoms with van der Waals surface area (Å²) in [4.78, 5) is 48.0. The number of aliphatic hydroxyl groups is 1. The molecule has 1 rings (SSSR count). The van der Waals surface area contributed by atoms with Crippen LogP contribution in [-0.4, -0.2) is 69.8 Å². The van der Waals surface area contributed by atoms with Crippen molar-refractivity contribution < 1.29 is 34.5 Å². The first-order valence-corrected chi connectivity index (χ1v) is 10.2. The van der Waals surface area contributed by atoms with Gasteiger partial charge in [-0.3, -0.25) is 14.4 Å². The first kappa shape index (κ1) is 26.9. The molecule has 1 aromatic carbocycles. The van der Waals surface area contributed by atoms with Gasteiger partial charge in [0.2, 0.25) is 17.7 Å². The standard InChI is InChI=1S/C21H32N4O7/c1-11(2)8-16(20(30)23-10-17(28)25-18(12(3)26)21(31)32)24-19(29)15(22)9-13-4-6-14(27)7-5-13/h4-7,11-12,15-16,18,26-27H,8-10,22H2,1-3H3,(H,23,30)(H,24,29)(H,25,28)(H,31,32). The fourth-order valence-electron chi connectivity index (χ4n) is 2.86. The van der Waals surface area contributed by atoms with Gasteiger partial charge in [0.05, 0.1) is 18.7 Å². The number of aromatic hydroxyl groups is 1.